The Kier molecular flexibility index (Phi) is 1.46. The second kappa shape index (κ2) is 2.56. The molecule has 0 aromatic carbocycles. The van der Waals surface area contributed by atoms with Gasteiger partial charge in [-0.25, -0.2) is 4.98 Å². The average molecular weight is 188 g/mol. The monoisotopic (exact) mass is 188 g/mol. The predicted molar refractivity (Wildman–Crippen MR) is 52.9 cm³/mol. The highest BCUT2D eigenvalue weighted by molar-refractivity contribution is 5.99. The van der Waals surface area contributed by atoms with Crippen molar-refractivity contribution in [2.24, 2.45) is 11.8 Å². The summed E-state index contributed by atoms with van der Waals surface area (Å²) in [5.74, 6) is 2.06. The smallest absolute Gasteiger partial charge is 0.231 e. The zero-order valence-corrected chi connectivity index (χ0v) is 8.10. The number of piperidine rings is 1. The zero-order valence-electron chi connectivity index (χ0n) is 8.10. The summed E-state index contributed by atoms with van der Waals surface area (Å²) in [4.78, 5) is 17.9. The summed E-state index contributed by atoms with van der Waals surface area (Å²) in [6.45, 7) is 2.88. The molecular weight excluding hydrogens is 176 g/mol. The number of nitrogens with zero attached hydrogens (tertiary/aromatic N) is 2. The summed E-state index contributed by atoms with van der Waals surface area (Å²) < 4.78 is 0. The molecule has 2 aliphatic rings. The van der Waals surface area contributed by atoms with E-state index in [0.717, 1.165) is 24.3 Å². The van der Waals surface area contributed by atoms with E-state index in [9.17, 15) is 4.79 Å². The standard InChI is InChI=1S/C11H12N2O/c1-7-3-2-4-12-10(7)13-6-8-5-9(8)11(13)14/h2-4,8-9H,5-6H2,1H3/t8-,9-/m1/s1. The van der Waals surface area contributed by atoms with Gasteiger partial charge in [-0.1, -0.05) is 6.07 Å². The maximum atomic E-state index is 11.8. The fourth-order valence-corrected chi connectivity index (χ4v) is 2.23. The average Bonchev–Trinajstić information content (AvgIpc) is 2.88. The van der Waals surface area contributed by atoms with Crippen LogP contribution >= 0.6 is 0 Å². The van der Waals surface area contributed by atoms with Crippen molar-refractivity contribution in [2.75, 3.05) is 11.4 Å². The number of carbonyl (C=O) groups is 1. The minimum absolute atomic E-state index is 0.275. The molecule has 0 unspecified atom stereocenters. The lowest BCUT2D eigenvalue weighted by Crippen LogP contribution is -2.29. The summed E-state index contributed by atoms with van der Waals surface area (Å²) in [5.41, 5.74) is 1.09. The van der Waals surface area contributed by atoms with Crippen LogP contribution in [0.3, 0.4) is 0 Å². The van der Waals surface area contributed by atoms with Crippen molar-refractivity contribution in [3.05, 3.63) is 23.9 Å². The Morgan fingerprint density at radius 2 is 2.43 bits per heavy atom. The van der Waals surface area contributed by atoms with E-state index in [1.165, 1.54) is 0 Å². The number of amides is 1. The van der Waals surface area contributed by atoms with Gasteiger partial charge in [0.1, 0.15) is 5.82 Å². The van der Waals surface area contributed by atoms with Crippen LogP contribution in [-0.2, 0) is 4.79 Å². The van der Waals surface area contributed by atoms with Gasteiger partial charge in [-0.15, -0.1) is 0 Å². The van der Waals surface area contributed by atoms with Gasteiger partial charge < -0.3 is 0 Å². The Labute approximate surface area is 82.8 Å². The van der Waals surface area contributed by atoms with E-state index in [1.54, 1.807) is 6.20 Å². The first-order valence-electron chi connectivity index (χ1n) is 5.00. The normalized spacial score (nSPS) is 29.2. The second-order valence-electron chi connectivity index (χ2n) is 4.20. The zero-order chi connectivity index (χ0) is 9.71. The lowest BCUT2D eigenvalue weighted by atomic mass is 10.2. The van der Waals surface area contributed by atoms with Crippen LogP contribution in [0.25, 0.3) is 0 Å². The SMILES string of the molecule is Cc1cccnc1N1C[C@H]2C[C@H]2C1=O. The molecule has 2 heterocycles. The van der Waals surface area contributed by atoms with Gasteiger partial charge in [-0.2, -0.15) is 0 Å². The number of aromatic nitrogens is 1. The third kappa shape index (κ3) is 0.983. The Bertz CT molecular complexity index is 402. The van der Waals surface area contributed by atoms with E-state index >= 15 is 0 Å². The van der Waals surface area contributed by atoms with Crippen molar-refractivity contribution in [3.63, 3.8) is 0 Å². The predicted octanol–water partition coefficient (Wildman–Crippen LogP) is 1.37. The Morgan fingerprint density at radius 3 is 3.07 bits per heavy atom. The molecule has 1 aromatic rings. The van der Waals surface area contributed by atoms with Gasteiger partial charge in [0.25, 0.3) is 0 Å². The summed E-state index contributed by atoms with van der Waals surface area (Å²) >= 11 is 0. The van der Waals surface area contributed by atoms with Gasteiger partial charge in [-0.3, -0.25) is 9.69 Å². The fraction of sp³-hybridized carbons (Fsp3) is 0.455. The van der Waals surface area contributed by atoms with Crippen molar-refractivity contribution in [1.29, 1.82) is 0 Å². The Hall–Kier alpha value is -1.38. The van der Waals surface area contributed by atoms with Crippen molar-refractivity contribution in [2.45, 2.75) is 13.3 Å². The van der Waals surface area contributed by atoms with Gasteiger partial charge >= 0.3 is 0 Å². The van der Waals surface area contributed by atoms with Crippen molar-refractivity contribution in [3.8, 4) is 0 Å². The third-order valence-electron chi connectivity index (χ3n) is 3.16. The van der Waals surface area contributed by atoms with Gasteiger partial charge in [0.15, 0.2) is 0 Å². The highest BCUT2D eigenvalue weighted by atomic mass is 16.2. The summed E-state index contributed by atoms with van der Waals surface area (Å²) in [6.07, 6.45) is 2.85. The van der Waals surface area contributed by atoms with Crippen molar-refractivity contribution >= 4 is 11.7 Å². The molecule has 3 heteroatoms. The lowest BCUT2D eigenvalue weighted by molar-refractivity contribution is -0.118. The maximum Gasteiger partial charge on any atom is 0.231 e. The topological polar surface area (TPSA) is 33.2 Å². The van der Waals surface area contributed by atoms with E-state index in [-0.39, 0.29) is 5.91 Å². The molecule has 0 N–H and O–H groups in total. The van der Waals surface area contributed by atoms with Crippen LogP contribution in [0.5, 0.6) is 0 Å². The summed E-state index contributed by atoms with van der Waals surface area (Å²) in [6, 6.07) is 3.90. The Balaban J connectivity index is 1.96. The number of carbonyl (C=O) groups excluding carboxylic acids is 1. The number of aryl methyl sites for hydroxylation is 1. The first-order chi connectivity index (χ1) is 6.77. The molecule has 3 rings (SSSR count). The molecule has 2 atom stereocenters. The van der Waals surface area contributed by atoms with Crippen LogP contribution in [0.1, 0.15) is 12.0 Å². The maximum absolute atomic E-state index is 11.8. The summed E-state index contributed by atoms with van der Waals surface area (Å²) in [7, 11) is 0. The van der Waals surface area contributed by atoms with Crippen LogP contribution in [0.4, 0.5) is 5.82 Å². The van der Waals surface area contributed by atoms with Crippen LogP contribution < -0.4 is 4.90 Å². The van der Waals surface area contributed by atoms with Crippen molar-refractivity contribution < 1.29 is 4.79 Å². The first kappa shape index (κ1) is 7.97. The van der Waals surface area contributed by atoms with Crippen LogP contribution in [0.15, 0.2) is 18.3 Å². The molecule has 1 saturated heterocycles. The minimum atomic E-state index is 0.275. The molecule has 1 saturated carbocycles. The lowest BCUT2D eigenvalue weighted by Gasteiger charge is -2.18. The molecule has 72 valence electrons. The minimum Gasteiger partial charge on any atom is -0.296 e. The largest absolute Gasteiger partial charge is 0.296 e. The highest BCUT2D eigenvalue weighted by Crippen LogP contribution is 2.47. The molecule has 1 aliphatic heterocycles. The molecule has 1 aromatic heterocycles. The van der Waals surface area contributed by atoms with Crippen LogP contribution in [-0.4, -0.2) is 17.4 Å². The first-order valence-corrected chi connectivity index (χ1v) is 5.00. The van der Waals surface area contributed by atoms with E-state index in [1.807, 2.05) is 24.0 Å². The molecule has 1 aliphatic carbocycles. The second-order valence-corrected chi connectivity index (χ2v) is 4.20. The van der Waals surface area contributed by atoms with Gasteiger partial charge in [0.2, 0.25) is 5.91 Å². The van der Waals surface area contributed by atoms with Gasteiger partial charge in [0, 0.05) is 18.7 Å². The fourth-order valence-electron chi connectivity index (χ4n) is 2.23. The third-order valence-corrected chi connectivity index (χ3v) is 3.16. The molecule has 2 fully saturated rings. The van der Waals surface area contributed by atoms with E-state index in [0.29, 0.717) is 11.8 Å². The van der Waals surface area contributed by atoms with E-state index in [2.05, 4.69) is 4.98 Å². The molecular formula is C11H12N2O. The van der Waals surface area contributed by atoms with Gasteiger partial charge in [-0.05, 0) is 30.9 Å². The highest BCUT2D eigenvalue weighted by Gasteiger charge is 2.52. The van der Waals surface area contributed by atoms with E-state index in [4.69, 9.17) is 0 Å². The molecule has 14 heavy (non-hydrogen) atoms. The van der Waals surface area contributed by atoms with Crippen molar-refractivity contribution in [1.82, 2.24) is 4.98 Å². The molecule has 0 bridgehead atoms. The molecule has 0 spiro atoms. The number of pyridine rings is 1. The number of fused-ring (bicyclic) bond motifs is 1. The van der Waals surface area contributed by atoms with Crippen LogP contribution in [0.2, 0.25) is 0 Å². The summed E-state index contributed by atoms with van der Waals surface area (Å²) in [5, 5.41) is 0. The van der Waals surface area contributed by atoms with Gasteiger partial charge in [0.05, 0.1) is 0 Å². The molecule has 3 nitrogen and oxygen atoms in total. The quantitative estimate of drug-likeness (QED) is 0.667. The number of hydrogen-bond donors (Lipinski definition) is 0. The Morgan fingerprint density at radius 1 is 1.57 bits per heavy atom. The molecule has 0 radical (unpaired) electrons. The number of anilines is 1. The number of hydrogen-bond acceptors (Lipinski definition) is 2. The van der Waals surface area contributed by atoms with Crippen LogP contribution in [0, 0.1) is 18.8 Å². The van der Waals surface area contributed by atoms with E-state index < -0.39 is 0 Å². The number of rotatable bonds is 1. The molecule has 1 amide bonds.